The highest BCUT2D eigenvalue weighted by molar-refractivity contribution is 5.93. The van der Waals surface area contributed by atoms with E-state index in [1.165, 1.54) is 5.56 Å². The molecular weight excluding hydrogens is 330 g/mol. The first-order chi connectivity index (χ1) is 12.5. The molecule has 1 amide bonds. The van der Waals surface area contributed by atoms with E-state index in [-0.39, 0.29) is 0 Å². The Morgan fingerprint density at radius 2 is 1.92 bits per heavy atom. The fraction of sp³-hybridized carbons (Fsp3) is 0.263. The molecule has 0 bridgehead atoms. The molecule has 0 spiro atoms. The summed E-state index contributed by atoms with van der Waals surface area (Å²) in [4.78, 5) is 12.6. The largest absolute Gasteiger partial charge is 0.493 e. The molecule has 2 aromatic carbocycles. The lowest BCUT2D eigenvalue weighted by molar-refractivity contribution is 0.100. The molecule has 7 heteroatoms. The number of ether oxygens (including phenoxy) is 1. The van der Waals surface area contributed by atoms with Crippen LogP contribution in [0, 0.1) is 13.8 Å². The molecule has 0 fully saturated rings. The van der Waals surface area contributed by atoms with E-state index < -0.39 is 5.91 Å². The van der Waals surface area contributed by atoms with Crippen molar-refractivity contribution in [1.82, 2.24) is 20.2 Å². The minimum atomic E-state index is -0.461. The number of nitrogens with two attached hydrogens (primary N) is 1. The van der Waals surface area contributed by atoms with Gasteiger partial charge in [0, 0.05) is 17.5 Å². The van der Waals surface area contributed by atoms with E-state index in [0.29, 0.717) is 24.5 Å². The molecule has 0 aliphatic rings. The van der Waals surface area contributed by atoms with Crippen molar-refractivity contribution in [2.45, 2.75) is 26.8 Å². The van der Waals surface area contributed by atoms with Crippen LogP contribution in [-0.2, 0) is 6.54 Å². The summed E-state index contributed by atoms with van der Waals surface area (Å²) in [7, 11) is 0. The summed E-state index contributed by atoms with van der Waals surface area (Å²) in [6.07, 6.45) is 0.768. The van der Waals surface area contributed by atoms with Crippen LogP contribution in [0.2, 0.25) is 0 Å². The number of carbonyl (C=O) groups excluding carboxylic acids is 1. The zero-order valence-corrected chi connectivity index (χ0v) is 14.8. The predicted molar refractivity (Wildman–Crippen MR) is 97.8 cm³/mol. The van der Waals surface area contributed by atoms with E-state index in [1.807, 2.05) is 19.9 Å². The van der Waals surface area contributed by atoms with Crippen LogP contribution in [0.25, 0.3) is 11.4 Å². The van der Waals surface area contributed by atoms with Crippen molar-refractivity contribution in [3.63, 3.8) is 0 Å². The van der Waals surface area contributed by atoms with E-state index in [1.54, 1.807) is 29.1 Å². The monoisotopic (exact) mass is 351 g/mol. The van der Waals surface area contributed by atoms with Gasteiger partial charge in [0.1, 0.15) is 5.75 Å². The quantitative estimate of drug-likeness (QED) is 0.660. The van der Waals surface area contributed by atoms with Gasteiger partial charge in [0.25, 0.3) is 0 Å². The molecular formula is C19H21N5O2. The van der Waals surface area contributed by atoms with Gasteiger partial charge in [-0.1, -0.05) is 24.3 Å². The Morgan fingerprint density at radius 3 is 2.65 bits per heavy atom. The zero-order valence-electron chi connectivity index (χ0n) is 14.8. The highest BCUT2D eigenvalue weighted by Crippen LogP contribution is 2.19. The molecule has 1 aromatic heterocycles. The van der Waals surface area contributed by atoms with Crippen LogP contribution in [0.1, 0.15) is 27.9 Å². The molecule has 134 valence electrons. The molecule has 0 saturated carbocycles. The van der Waals surface area contributed by atoms with Crippen molar-refractivity contribution < 1.29 is 9.53 Å². The third kappa shape index (κ3) is 4.24. The highest BCUT2D eigenvalue weighted by Gasteiger charge is 2.07. The SMILES string of the molecule is Cc1ccc(C)c(OCCCn2nnc(-c3ccc(C(N)=O)cc3)n2)c1. The fourth-order valence-electron chi connectivity index (χ4n) is 2.49. The average molecular weight is 351 g/mol. The minimum Gasteiger partial charge on any atom is -0.493 e. The Labute approximate surface area is 151 Å². The smallest absolute Gasteiger partial charge is 0.248 e. The van der Waals surface area contributed by atoms with Crippen LogP contribution in [0.4, 0.5) is 0 Å². The second-order valence-corrected chi connectivity index (χ2v) is 6.12. The molecule has 3 rings (SSSR count). The Morgan fingerprint density at radius 1 is 1.15 bits per heavy atom. The summed E-state index contributed by atoms with van der Waals surface area (Å²) < 4.78 is 5.83. The summed E-state index contributed by atoms with van der Waals surface area (Å²) in [5.74, 6) is 0.959. The minimum absolute atomic E-state index is 0.449. The maximum absolute atomic E-state index is 11.1. The van der Waals surface area contributed by atoms with Crippen molar-refractivity contribution in [2.24, 2.45) is 5.73 Å². The maximum Gasteiger partial charge on any atom is 0.248 e. The molecule has 0 radical (unpaired) electrons. The molecule has 0 atom stereocenters. The molecule has 0 unspecified atom stereocenters. The molecule has 2 N–H and O–H groups in total. The lowest BCUT2D eigenvalue weighted by Gasteiger charge is -2.09. The molecule has 26 heavy (non-hydrogen) atoms. The predicted octanol–water partition coefficient (Wildman–Crippen LogP) is 2.52. The zero-order chi connectivity index (χ0) is 18.5. The van der Waals surface area contributed by atoms with Gasteiger partial charge >= 0.3 is 0 Å². The first-order valence-corrected chi connectivity index (χ1v) is 8.41. The van der Waals surface area contributed by atoms with Crippen molar-refractivity contribution in [2.75, 3.05) is 6.61 Å². The van der Waals surface area contributed by atoms with Gasteiger partial charge < -0.3 is 10.5 Å². The van der Waals surface area contributed by atoms with Gasteiger partial charge in [-0.05, 0) is 48.4 Å². The van der Waals surface area contributed by atoms with E-state index in [0.717, 1.165) is 23.3 Å². The number of hydrogen-bond acceptors (Lipinski definition) is 5. The first kappa shape index (κ1) is 17.6. The number of tetrazole rings is 1. The molecule has 0 aliphatic carbocycles. The Hall–Kier alpha value is -3.22. The van der Waals surface area contributed by atoms with Crippen LogP contribution in [-0.4, -0.2) is 32.7 Å². The number of aromatic nitrogens is 4. The van der Waals surface area contributed by atoms with Crippen LogP contribution in [0.5, 0.6) is 5.75 Å². The number of hydrogen-bond donors (Lipinski definition) is 1. The third-order valence-corrected chi connectivity index (χ3v) is 3.98. The van der Waals surface area contributed by atoms with Crippen LogP contribution < -0.4 is 10.5 Å². The first-order valence-electron chi connectivity index (χ1n) is 8.41. The third-order valence-electron chi connectivity index (χ3n) is 3.98. The second-order valence-electron chi connectivity index (χ2n) is 6.12. The molecule has 7 nitrogen and oxygen atoms in total. The summed E-state index contributed by atoms with van der Waals surface area (Å²) >= 11 is 0. The second kappa shape index (κ2) is 7.77. The van der Waals surface area contributed by atoms with Gasteiger partial charge in [-0.25, -0.2) is 0 Å². The normalized spacial score (nSPS) is 10.7. The lowest BCUT2D eigenvalue weighted by atomic mass is 10.1. The van der Waals surface area contributed by atoms with Crippen molar-refractivity contribution in [1.29, 1.82) is 0 Å². The van der Waals surface area contributed by atoms with E-state index in [2.05, 4.69) is 27.5 Å². The van der Waals surface area contributed by atoms with Gasteiger partial charge in [0.2, 0.25) is 11.7 Å². The van der Waals surface area contributed by atoms with E-state index >= 15 is 0 Å². The molecule has 1 heterocycles. The average Bonchev–Trinajstić information content (AvgIpc) is 3.10. The molecule has 0 aliphatic heterocycles. The van der Waals surface area contributed by atoms with E-state index in [9.17, 15) is 4.79 Å². The summed E-state index contributed by atoms with van der Waals surface area (Å²) in [6.45, 7) is 5.26. The Kier molecular flexibility index (Phi) is 5.26. The molecule has 0 saturated heterocycles. The topological polar surface area (TPSA) is 95.9 Å². The van der Waals surface area contributed by atoms with Crippen molar-refractivity contribution in [3.8, 4) is 17.1 Å². The Balaban J connectivity index is 1.54. The number of primary amides is 1. The fourth-order valence-corrected chi connectivity index (χ4v) is 2.49. The molecule has 3 aromatic rings. The van der Waals surface area contributed by atoms with Gasteiger partial charge in [-0.2, -0.15) is 4.80 Å². The number of amides is 1. The van der Waals surface area contributed by atoms with Crippen LogP contribution >= 0.6 is 0 Å². The van der Waals surface area contributed by atoms with Gasteiger partial charge in [0.05, 0.1) is 13.2 Å². The van der Waals surface area contributed by atoms with E-state index in [4.69, 9.17) is 10.5 Å². The number of aryl methyl sites for hydroxylation is 3. The number of rotatable bonds is 7. The van der Waals surface area contributed by atoms with Gasteiger partial charge in [0.15, 0.2) is 0 Å². The maximum atomic E-state index is 11.1. The van der Waals surface area contributed by atoms with Crippen LogP contribution in [0.3, 0.4) is 0 Å². The summed E-state index contributed by atoms with van der Waals surface area (Å²) in [6, 6.07) is 13.0. The summed E-state index contributed by atoms with van der Waals surface area (Å²) in [5.41, 5.74) is 8.77. The van der Waals surface area contributed by atoms with Gasteiger partial charge in [-0.15, -0.1) is 10.2 Å². The Bertz CT molecular complexity index is 903. The standard InChI is InChI=1S/C19H21N5O2/c1-13-4-5-14(2)17(12-13)26-11-3-10-24-22-19(21-23-24)16-8-6-15(7-9-16)18(20)25/h4-9,12H,3,10-11H2,1-2H3,(H2,20,25). The number of benzene rings is 2. The number of nitrogens with zero attached hydrogens (tertiary/aromatic N) is 4. The highest BCUT2D eigenvalue weighted by atomic mass is 16.5. The summed E-state index contributed by atoms with van der Waals surface area (Å²) in [5, 5.41) is 12.5. The lowest BCUT2D eigenvalue weighted by Crippen LogP contribution is -2.10. The van der Waals surface area contributed by atoms with Crippen molar-refractivity contribution in [3.05, 3.63) is 59.2 Å². The van der Waals surface area contributed by atoms with Crippen LogP contribution in [0.15, 0.2) is 42.5 Å². The van der Waals surface area contributed by atoms with Gasteiger partial charge in [-0.3, -0.25) is 4.79 Å². The van der Waals surface area contributed by atoms with Crippen molar-refractivity contribution >= 4 is 5.91 Å². The number of carbonyl (C=O) groups is 1.